The molecule has 11 heteroatoms. The minimum Gasteiger partial charge on any atom is -0.504 e. The number of carbonyl (C=O) groups is 2. The average Bonchev–Trinajstić information content (AvgIpc) is 2.69. The number of carboxylic acid groups (broad SMARTS) is 1. The van der Waals surface area contributed by atoms with Gasteiger partial charge in [0.15, 0.2) is 11.5 Å². The molecule has 0 fully saturated rings. The van der Waals surface area contributed by atoms with E-state index in [0.717, 1.165) is 12.1 Å². The molecule has 0 amide bonds. The Morgan fingerprint density at radius 1 is 1.06 bits per heavy atom. The number of rotatable bonds is 9. The fraction of sp³-hybridized carbons (Fsp3) is 0.300. The van der Waals surface area contributed by atoms with E-state index in [2.05, 4.69) is 0 Å². The lowest BCUT2D eigenvalue weighted by molar-refractivity contribution is -0.139. The van der Waals surface area contributed by atoms with Gasteiger partial charge in [0, 0.05) is 12.3 Å². The van der Waals surface area contributed by atoms with Gasteiger partial charge in [-0.2, -0.15) is 8.42 Å². The van der Waals surface area contributed by atoms with Crippen LogP contribution in [0.4, 0.5) is 0 Å². The SMILES string of the molecule is CC(CC(C(c1ccc(O)c(O)c1)[C@H](N)C(=O)O)S(=O)(=O)O)OC(=O)c1ccccc1. The molecule has 0 saturated carbocycles. The predicted molar refractivity (Wildman–Crippen MR) is 109 cm³/mol. The highest BCUT2D eigenvalue weighted by atomic mass is 32.2. The number of nitrogens with two attached hydrogens (primary N) is 1. The van der Waals surface area contributed by atoms with Gasteiger partial charge >= 0.3 is 11.9 Å². The quantitative estimate of drug-likeness (QED) is 0.212. The summed E-state index contributed by atoms with van der Waals surface area (Å²) < 4.78 is 39.4. The lowest BCUT2D eigenvalue weighted by Crippen LogP contribution is -2.46. The van der Waals surface area contributed by atoms with Gasteiger partial charge in [-0.25, -0.2) is 4.79 Å². The number of aliphatic carboxylic acids is 1. The molecule has 0 radical (unpaired) electrons. The zero-order chi connectivity index (χ0) is 23.3. The number of hydrogen-bond acceptors (Lipinski definition) is 8. The summed E-state index contributed by atoms with van der Waals surface area (Å²) in [6.07, 6.45) is -1.53. The number of aromatic hydroxyl groups is 2. The van der Waals surface area contributed by atoms with Gasteiger partial charge < -0.3 is 25.8 Å². The molecule has 0 spiro atoms. The van der Waals surface area contributed by atoms with Crippen molar-refractivity contribution in [3.05, 3.63) is 59.7 Å². The van der Waals surface area contributed by atoms with Crippen LogP contribution in [0.15, 0.2) is 48.5 Å². The number of carboxylic acids is 1. The van der Waals surface area contributed by atoms with Crippen molar-refractivity contribution >= 4 is 22.1 Å². The van der Waals surface area contributed by atoms with Crippen molar-refractivity contribution in [1.82, 2.24) is 0 Å². The van der Waals surface area contributed by atoms with E-state index in [0.29, 0.717) is 0 Å². The van der Waals surface area contributed by atoms with E-state index >= 15 is 0 Å². The van der Waals surface area contributed by atoms with Gasteiger partial charge in [0.05, 0.1) is 10.8 Å². The lowest BCUT2D eigenvalue weighted by atomic mass is 9.86. The summed E-state index contributed by atoms with van der Waals surface area (Å²) in [7, 11) is -4.89. The molecule has 2 aromatic rings. The minimum absolute atomic E-state index is 0.0468. The van der Waals surface area contributed by atoms with Crippen LogP contribution in [-0.4, -0.2) is 57.6 Å². The van der Waals surface area contributed by atoms with Gasteiger partial charge in [-0.15, -0.1) is 0 Å². The molecule has 2 aromatic carbocycles. The predicted octanol–water partition coefficient (Wildman–Crippen LogP) is 1.49. The normalized spacial score (nSPS) is 15.5. The number of phenols is 2. The van der Waals surface area contributed by atoms with Crippen molar-refractivity contribution in [1.29, 1.82) is 0 Å². The van der Waals surface area contributed by atoms with E-state index in [1.165, 1.54) is 25.1 Å². The first-order valence-electron chi connectivity index (χ1n) is 9.14. The van der Waals surface area contributed by atoms with E-state index in [4.69, 9.17) is 10.5 Å². The second-order valence-corrected chi connectivity index (χ2v) is 8.64. The van der Waals surface area contributed by atoms with Crippen molar-refractivity contribution in [3.63, 3.8) is 0 Å². The largest absolute Gasteiger partial charge is 0.504 e. The maximum Gasteiger partial charge on any atom is 0.338 e. The van der Waals surface area contributed by atoms with Gasteiger partial charge in [-0.3, -0.25) is 9.35 Å². The number of phenolic OH excluding ortho intramolecular Hbond substituents is 2. The number of hydrogen-bond donors (Lipinski definition) is 5. The topological polar surface area (TPSA) is 184 Å². The standard InChI is InChI=1S/C20H23NO9S/c1-11(30-20(26)12-5-3-2-4-6-12)9-16(31(27,28)29)17(18(21)19(24)25)13-7-8-14(22)15(23)10-13/h2-8,10-11,16-18,22-23H,9,21H2,1H3,(H,24,25)(H,27,28,29)/t11?,16?,17?,18-/m0/s1. The lowest BCUT2D eigenvalue weighted by Gasteiger charge is -2.30. The van der Waals surface area contributed by atoms with Gasteiger partial charge in [0.25, 0.3) is 10.1 Å². The maximum absolute atomic E-state index is 12.2. The third-order valence-corrected chi connectivity index (χ3v) is 5.97. The van der Waals surface area contributed by atoms with Gasteiger partial charge in [0.2, 0.25) is 0 Å². The Morgan fingerprint density at radius 3 is 2.19 bits per heavy atom. The molecule has 0 heterocycles. The molecule has 10 nitrogen and oxygen atoms in total. The molecule has 0 aliphatic carbocycles. The first kappa shape index (κ1) is 24.1. The Labute approximate surface area is 178 Å². The summed E-state index contributed by atoms with van der Waals surface area (Å²) in [5.41, 5.74) is 5.89. The van der Waals surface area contributed by atoms with Crippen LogP contribution < -0.4 is 5.73 Å². The van der Waals surface area contributed by atoms with E-state index in [1.54, 1.807) is 18.2 Å². The minimum atomic E-state index is -4.89. The Bertz CT molecular complexity index is 1040. The van der Waals surface area contributed by atoms with Crippen LogP contribution in [0.25, 0.3) is 0 Å². The molecule has 6 N–H and O–H groups in total. The number of carbonyl (C=O) groups excluding carboxylic acids is 1. The van der Waals surface area contributed by atoms with E-state index in [9.17, 15) is 37.9 Å². The number of benzene rings is 2. The van der Waals surface area contributed by atoms with Gasteiger partial charge in [-0.1, -0.05) is 24.3 Å². The third kappa shape index (κ3) is 6.17. The van der Waals surface area contributed by atoms with Crippen molar-refractivity contribution in [2.45, 2.75) is 36.7 Å². The van der Waals surface area contributed by atoms with E-state index in [1.807, 2.05) is 0 Å². The highest BCUT2D eigenvalue weighted by Gasteiger charge is 2.41. The fourth-order valence-corrected chi connectivity index (χ4v) is 4.42. The highest BCUT2D eigenvalue weighted by Crippen LogP contribution is 2.35. The summed E-state index contributed by atoms with van der Waals surface area (Å²) in [6.45, 7) is 1.39. The molecule has 2 rings (SSSR count). The van der Waals surface area contributed by atoms with Gasteiger partial charge in [0.1, 0.15) is 12.1 Å². The number of ether oxygens (including phenoxy) is 1. The molecule has 168 valence electrons. The van der Waals surface area contributed by atoms with Crippen LogP contribution >= 0.6 is 0 Å². The van der Waals surface area contributed by atoms with Crippen LogP contribution in [-0.2, 0) is 19.6 Å². The molecule has 31 heavy (non-hydrogen) atoms. The molecule has 0 bridgehead atoms. The number of esters is 1. The van der Waals surface area contributed by atoms with Gasteiger partial charge in [-0.05, 0) is 36.8 Å². The van der Waals surface area contributed by atoms with Crippen molar-refractivity contribution < 1.29 is 42.6 Å². The average molecular weight is 453 g/mol. The van der Waals surface area contributed by atoms with Crippen LogP contribution in [0.3, 0.4) is 0 Å². The second kappa shape index (κ2) is 9.77. The second-order valence-electron chi connectivity index (χ2n) is 7.01. The van der Waals surface area contributed by atoms with E-state index < -0.39 is 63.3 Å². The smallest absolute Gasteiger partial charge is 0.338 e. The molecule has 0 aliphatic rings. The summed E-state index contributed by atoms with van der Waals surface area (Å²) in [5.74, 6) is -4.96. The maximum atomic E-state index is 12.2. The van der Waals surface area contributed by atoms with Crippen molar-refractivity contribution in [2.24, 2.45) is 5.73 Å². The Morgan fingerprint density at radius 2 is 1.68 bits per heavy atom. The molecular weight excluding hydrogens is 430 g/mol. The van der Waals surface area contributed by atoms with Crippen LogP contribution in [0, 0.1) is 0 Å². The van der Waals surface area contributed by atoms with Crippen molar-refractivity contribution in [3.8, 4) is 11.5 Å². The highest BCUT2D eigenvalue weighted by molar-refractivity contribution is 7.86. The van der Waals surface area contributed by atoms with E-state index in [-0.39, 0.29) is 11.1 Å². The zero-order valence-electron chi connectivity index (χ0n) is 16.5. The summed E-state index contributed by atoms with van der Waals surface area (Å²) >= 11 is 0. The molecular formula is C20H23NO9S. The Hall–Kier alpha value is -3.15. The summed E-state index contributed by atoms with van der Waals surface area (Å²) in [6, 6.07) is 9.29. The Kier molecular flexibility index (Phi) is 7.60. The zero-order valence-corrected chi connectivity index (χ0v) is 17.3. The third-order valence-electron chi connectivity index (χ3n) is 4.72. The monoisotopic (exact) mass is 453 g/mol. The van der Waals surface area contributed by atoms with Crippen LogP contribution in [0.2, 0.25) is 0 Å². The van der Waals surface area contributed by atoms with Crippen LogP contribution in [0.1, 0.15) is 35.2 Å². The summed E-state index contributed by atoms with van der Waals surface area (Å²) in [5, 5.41) is 26.9. The molecule has 0 aromatic heterocycles. The van der Waals surface area contributed by atoms with Crippen LogP contribution in [0.5, 0.6) is 11.5 Å². The Balaban J connectivity index is 2.38. The first-order chi connectivity index (χ1) is 14.4. The van der Waals surface area contributed by atoms with Crippen molar-refractivity contribution in [2.75, 3.05) is 0 Å². The molecule has 0 aliphatic heterocycles. The molecule has 0 saturated heterocycles. The molecule has 4 atom stereocenters. The summed E-state index contributed by atoms with van der Waals surface area (Å²) in [4.78, 5) is 23.8. The molecule has 3 unspecified atom stereocenters. The first-order valence-corrected chi connectivity index (χ1v) is 10.6. The fourth-order valence-electron chi connectivity index (χ4n) is 3.21.